The van der Waals surface area contributed by atoms with Gasteiger partial charge in [-0.15, -0.1) is 0 Å². The lowest BCUT2D eigenvalue weighted by Gasteiger charge is -2.21. The highest BCUT2D eigenvalue weighted by Gasteiger charge is 2.33. The second-order valence-corrected chi connectivity index (χ2v) is 4.86. The highest BCUT2D eigenvalue weighted by Crippen LogP contribution is 2.23. The molecule has 2 unspecified atom stereocenters. The summed E-state index contributed by atoms with van der Waals surface area (Å²) in [5.41, 5.74) is 0. The maximum absolute atomic E-state index is 12.0. The number of ether oxygens (including phenoxy) is 2. The Balaban J connectivity index is 2.54. The van der Waals surface area contributed by atoms with Gasteiger partial charge in [0.05, 0.1) is 25.0 Å². The Bertz CT molecular complexity index is 335. The molecule has 0 fully saturated rings. The quantitative estimate of drug-likeness (QED) is 0.506. The topological polar surface area (TPSA) is 52.6 Å². The van der Waals surface area contributed by atoms with Gasteiger partial charge in [-0.25, -0.2) is 0 Å². The van der Waals surface area contributed by atoms with E-state index in [1.54, 1.807) is 24.3 Å². The normalized spacial score (nSPS) is 20.7. The number of carbonyl (C=O) groups excluding carboxylic acids is 2. The van der Waals surface area contributed by atoms with Crippen molar-refractivity contribution in [2.75, 3.05) is 13.2 Å². The van der Waals surface area contributed by atoms with Crippen molar-refractivity contribution in [3.05, 3.63) is 24.3 Å². The van der Waals surface area contributed by atoms with Gasteiger partial charge in [-0.1, -0.05) is 51.0 Å². The second-order valence-electron chi connectivity index (χ2n) is 4.86. The molecule has 0 aromatic carbocycles. The summed E-state index contributed by atoms with van der Waals surface area (Å²) in [6.45, 7) is 4.87. The van der Waals surface area contributed by atoms with Crippen LogP contribution in [0.25, 0.3) is 0 Å². The average molecular weight is 280 g/mol. The minimum absolute atomic E-state index is 0.350. The van der Waals surface area contributed by atoms with Crippen LogP contribution in [0, 0.1) is 11.8 Å². The lowest BCUT2D eigenvalue weighted by atomic mass is 9.88. The molecule has 4 nitrogen and oxygen atoms in total. The van der Waals surface area contributed by atoms with E-state index in [2.05, 4.69) is 0 Å². The lowest BCUT2D eigenvalue weighted by molar-refractivity contribution is -0.157. The van der Waals surface area contributed by atoms with Crippen molar-refractivity contribution in [1.29, 1.82) is 0 Å². The van der Waals surface area contributed by atoms with E-state index in [1.165, 1.54) is 0 Å². The van der Waals surface area contributed by atoms with Crippen LogP contribution in [0.1, 0.15) is 39.5 Å². The lowest BCUT2D eigenvalue weighted by Crippen LogP contribution is -2.31. The molecule has 112 valence electrons. The fourth-order valence-electron chi connectivity index (χ4n) is 1.88. The number of hydrogen-bond donors (Lipinski definition) is 0. The molecule has 1 aliphatic rings. The van der Waals surface area contributed by atoms with Crippen LogP contribution in [0.2, 0.25) is 0 Å². The SMILES string of the molecule is CCCCOC(=O)C1C=CC=CC1C(=O)OCCCC. The second kappa shape index (κ2) is 9.34. The zero-order valence-corrected chi connectivity index (χ0v) is 12.3. The summed E-state index contributed by atoms with van der Waals surface area (Å²) in [7, 11) is 0. The molecule has 0 aromatic rings. The number of allylic oxidation sites excluding steroid dienone is 2. The van der Waals surface area contributed by atoms with Gasteiger partial charge in [-0.3, -0.25) is 9.59 Å². The monoisotopic (exact) mass is 280 g/mol. The van der Waals surface area contributed by atoms with Gasteiger partial charge >= 0.3 is 11.9 Å². The van der Waals surface area contributed by atoms with Crippen molar-refractivity contribution in [3.63, 3.8) is 0 Å². The van der Waals surface area contributed by atoms with Crippen LogP contribution in [0.5, 0.6) is 0 Å². The number of rotatable bonds is 8. The molecule has 4 heteroatoms. The van der Waals surface area contributed by atoms with E-state index >= 15 is 0 Å². The van der Waals surface area contributed by atoms with Gasteiger partial charge in [0.15, 0.2) is 0 Å². The summed E-state index contributed by atoms with van der Waals surface area (Å²) in [6.07, 6.45) is 10.6. The van der Waals surface area contributed by atoms with Crippen molar-refractivity contribution >= 4 is 11.9 Å². The predicted molar refractivity (Wildman–Crippen MR) is 77.0 cm³/mol. The molecular weight excluding hydrogens is 256 g/mol. The summed E-state index contributed by atoms with van der Waals surface area (Å²) >= 11 is 0. The Morgan fingerprint density at radius 2 is 1.25 bits per heavy atom. The number of hydrogen-bond acceptors (Lipinski definition) is 4. The third-order valence-electron chi connectivity index (χ3n) is 3.16. The van der Waals surface area contributed by atoms with Gasteiger partial charge in [0.1, 0.15) is 0 Å². The van der Waals surface area contributed by atoms with Crippen molar-refractivity contribution in [2.24, 2.45) is 11.8 Å². The molecule has 0 aromatic heterocycles. The fourth-order valence-corrected chi connectivity index (χ4v) is 1.88. The van der Waals surface area contributed by atoms with Crippen molar-refractivity contribution in [3.8, 4) is 0 Å². The van der Waals surface area contributed by atoms with Gasteiger partial charge in [0.25, 0.3) is 0 Å². The maximum atomic E-state index is 12.0. The molecule has 0 aliphatic heterocycles. The maximum Gasteiger partial charge on any atom is 0.314 e. The largest absolute Gasteiger partial charge is 0.465 e. The summed E-state index contributed by atoms with van der Waals surface area (Å²) < 4.78 is 10.4. The van der Waals surface area contributed by atoms with E-state index < -0.39 is 11.8 Å². The minimum Gasteiger partial charge on any atom is -0.465 e. The standard InChI is InChI=1S/C16H24O4/c1-3-5-11-19-15(17)13-9-7-8-10-14(13)16(18)20-12-6-4-2/h7-10,13-14H,3-6,11-12H2,1-2H3. The van der Waals surface area contributed by atoms with E-state index in [9.17, 15) is 9.59 Å². The van der Waals surface area contributed by atoms with Crippen LogP contribution in [0.15, 0.2) is 24.3 Å². The summed E-state index contributed by atoms with van der Waals surface area (Å²) in [4.78, 5) is 24.0. The summed E-state index contributed by atoms with van der Waals surface area (Å²) in [5, 5.41) is 0. The Morgan fingerprint density at radius 3 is 1.60 bits per heavy atom. The van der Waals surface area contributed by atoms with E-state index in [0.717, 1.165) is 25.7 Å². The summed E-state index contributed by atoms with van der Waals surface area (Å²) in [6, 6.07) is 0. The molecular formula is C16H24O4. The molecule has 2 atom stereocenters. The predicted octanol–water partition coefficient (Wildman–Crippen LogP) is 3.03. The Kier molecular flexibility index (Phi) is 7.70. The van der Waals surface area contributed by atoms with Crippen LogP contribution in [-0.2, 0) is 19.1 Å². The van der Waals surface area contributed by atoms with Crippen molar-refractivity contribution in [1.82, 2.24) is 0 Å². The van der Waals surface area contributed by atoms with Crippen molar-refractivity contribution < 1.29 is 19.1 Å². The Labute approximate surface area is 120 Å². The van der Waals surface area contributed by atoms with Gasteiger partial charge in [0, 0.05) is 0 Å². The Hall–Kier alpha value is -1.58. The van der Waals surface area contributed by atoms with E-state index in [-0.39, 0.29) is 11.9 Å². The number of unbranched alkanes of at least 4 members (excludes halogenated alkanes) is 2. The highest BCUT2D eigenvalue weighted by molar-refractivity contribution is 5.85. The fraction of sp³-hybridized carbons (Fsp3) is 0.625. The molecule has 1 rings (SSSR count). The first-order chi connectivity index (χ1) is 9.70. The highest BCUT2D eigenvalue weighted by atomic mass is 16.5. The smallest absolute Gasteiger partial charge is 0.314 e. The first-order valence-corrected chi connectivity index (χ1v) is 7.39. The van der Waals surface area contributed by atoms with Crippen LogP contribution in [0.3, 0.4) is 0 Å². The Morgan fingerprint density at radius 1 is 0.850 bits per heavy atom. The van der Waals surface area contributed by atoms with Gasteiger partial charge in [0.2, 0.25) is 0 Å². The molecule has 0 spiro atoms. The molecule has 1 aliphatic carbocycles. The van der Waals surface area contributed by atoms with Gasteiger partial charge < -0.3 is 9.47 Å². The molecule has 0 N–H and O–H groups in total. The van der Waals surface area contributed by atoms with Gasteiger partial charge in [-0.05, 0) is 12.8 Å². The minimum atomic E-state index is -0.564. The zero-order chi connectivity index (χ0) is 14.8. The first kappa shape index (κ1) is 16.5. The molecule has 0 saturated carbocycles. The molecule has 0 bridgehead atoms. The molecule has 20 heavy (non-hydrogen) atoms. The van der Waals surface area contributed by atoms with Crippen molar-refractivity contribution in [2.45, 2.75) is 39.5 Å². The molecule has 0 amide bonds. The van der Waals surface area contributed by atoms with Crippen LogP contribution in [-0.4, -0.2) is 25.2 Å². The number of carbonyl (C=O) groups is 2. The average Bonchev–Trinajstić information content (AvgIpc) is 2.47. The van der Waals surface area contributed by atoms with E-state index in [0.29, 0.717) is 13.2 Å². The van der Waals surface area contributed by atoms with Gasteiger partial charge in [-0.2, -0.15) is 0 Å². The molecule has 0 heterocycles. The van der Waals surface area contributed by atoms with Crippen LogP contribution in [0.4, 0.5) is 0 Å². The molecule has 0 radical (unpaired) electrons. The molecule has 0 saturated heterocycles. The summed E-state index contributed by atoms with van der Waals surface area (Å²) in [5.74, 6) is -1.83. The van der Waals surface area contributed by atoms with E-state index in [4.69, 9.17) is 9.47 Å². The first-order valence-electron chi connectivity index (χ1n) is 7.39. The van der Waals surface area contributed by atoms with Crippen LogP contribution < -0.4 is 0 Å². The third-order valence-corrected chi connectivity index (χ3v) is 3.16. The van der Waals surface area contributed by atoms with E-state index in [1.807, 2.05) is 13.8 Å². The third kappa shape index (κ3) is 5.19. The number of esters is 2. The zero-order valence-electron chi connectivity index (χ0n) is 12.3. The van der Waals surface area contributed by atoms with Crippen LogP contribution >= 0.6 is 0 Å².